The Morgan fingerprint density at radius 3 is 1.53 bits per heavy atom. The molecule has 2 saturated heterocycles. The number of fused-ring (bicyclic) bond motifs is 2. The first-order valence-corrected chi connectivity index (χ1v) is 21.3. The number of carbonyl (C=O) groups excluding carboxylic acids is 1. The Hall–Kier alpha value is -5.23. The Bertz CT molecular complexity index is 2400. The molecule has 2 fully saturated rings. The zero-order valence-corrected chi connectivity index (χ0v) is 37.3. The third-order valence-corrected chi connectivity index (χ3v) is 11.4. The predicted octanol–water partition coefficient (Wildman–Crippen LogP) is 10.1. The summed E-state index contributed by atoms with van der Waals surface area (Å²) in [4.78, 5) is 27.6. The van der Waals surface area contributed by atoms with Crippen molar-refractivity contribution in [2.75, 3.05) is 71.3 Å². The van der Waals surface area contributed by atoms with Gasteiger partial charge in [0.15, 0.2) is 23.0 Å². The minimum absolute atomic E-state index is 0. The molecule has 8 rings (SSSR count). The number of anilines is 4. The van der Waals surface area contributed by atoms with E-state index >= 15 is 0 Å². The van der Waals surface area contributed by atoms with E-state index in [0.29, 0.717) is 91.0 Å². The van der Waals surface area contributed by atoms with Gasteiger partial charge < -0.3 is 44.6 Å². The molecular weight excluding hydrogens is 930 g/mol. The molecule has 13 nitrogen and oxygen atoms in total. The molecule has 0 unspecified atom stereocenters. The fourth-order valence-electron chi connectivity index (χ4n) is 7.00. The number of carbonyl (C=O) groups is 1. The van der Waals surface area contributed by atoms with Crippen LogP contribution >= 0.6 is 31.9 Å². The lowest BCUT2D eigenvalue weighted by atomic mass is 9.98. The monoisotopic (exact) mass is 980 g/mol. The Morgan fingerprint density at radius 2 is 1.11 bits per heavy atom. The van der Waals surface area contributed by atoms with E-state index in [1.807, 2.05) is 31.1 Å². The second kappa shape index (κ2) is 23.3. The number of hydrogen-bond acceptors (Lipinski definition) is 13. The maximum atomic E-state index is 14.3. The van der Waals surface area contributed by atoms with Crippen molar-refractivity contribution in [3.8, 4) is 23.0 Å². The first-order chi connectivity index (χ1) is 29.7. The molecule has 2 aliphatic heterocycles. The number of halogens is 4. The van der Waals surface area contributed by atoms with Crippen LogP contribution in [0.1, 0.15) is 33.1 Å². The molecule has 62 heavy (non-hydrogen) atoms. The van der Waals surface area contributed by atoms with Crippen LogP contribution in [0.3, 0.4) is 0 Å². The van der Waals surface area contributed by atoms with Gasteiger partial charge in [0.1, 0.15) is 42.7 Å². The summed E-state index contributed by atoms with van der Waals surface area (Å²) in [5, 5.41) is 10.9. The molecule has 0 bridgehead atoms. The Morgan fingerprint density at radius 1 is 0.677 bits per heavy atom. The summed E-state index contributed by atoms with van der Waals surface area (Å²) >= 11 is 6.53. The highest BCUT2D eigenvalue weighted by molar-refractivity contribution is 9.10. The number of rotatable bonds is 12. The summed E-state index contributed by atoms with van der Waals surface area (Å²) in [7, 11) is 5.35. The molecule has 0 atom stereocenters. The Kier molecular flexibility index (Phi) is 18.0. The SMILES string of the molecule is C.C=O.COc1cc2c(Nc3ccc(Br)cc3F)ncnc2cc1OCC1CCN(C)CC1.COc1cc2c(Nc3ccc(Br)cc3F)ncnc2cc1OCC1CCNCC1. The zero-order valence-electron chi connectivity index (χ0n) is 34.2. The summed E-state index contributed by atoms with van der Waals surface area (Å²) in [5.74, 6) is 3.82. The molecular formula is C45H52Br2F2N8O5. The topological polar surface area (TPSA) is 145 Å². The van der Waals surface area contributed by atoms with Gasteiger partial charge in [0, 0.05) is 31.9 Å². The molecule has 0 amide bonds. The van der Waals surface area contributed by atoms with E-state index < -0.39 is 0 Å². The number of nitrogens with zero attached hydrogens (tertiary/aromatic N) is 5. The van der Waals surface area contributed by atoms with Gasteiger partial charge in [0.25, 0.3) is 0 Å². The number of hydrogen-bond donors (Lipinski definition) is 3. The standard InChI is InChI=1S/C22H24BrFN4O2.C21H22BrFN4O2.CH2O.CH4/c1-28-7-5-14(6-8-28)12-30-21-11-19-16(10-20(21)29-2)22(26-13-25-19)27-18-4-3-15(23)9-17(18)24;1-28-19-9-15-18(10-20(19)29-11-13-4-6-24-7-5-13)25-12-26-21(15)27-17-3-2-14(22)8-16(17)23;1-2;/h3-4,9-11,13-14H,5-8,12H2,1-2H3,(H,25,26,27);2-3,8-10,12-13,24H,4-7,11H2,1H3,(H,25,26,27);1H2;1H4. The van der Waals surface area contributed by atoms with E-state index in [0.717, 1.165) is 62.6 Å². The number of aromatic nitrogens is 4. The van der Waals surface area contributed by atoms with Gasteiger partial charge >= 0.3 is 0 Å². The van der Waals surface area contributed by atoms with Gasteiger partial charge in [-0.25, -0.2) is 28.7 Å². The molecule has 4 heterocycles. The molecule has 0 radical (unpaired) electrons. The largest absolute Gasteiger partial charge is 0.493 e. The van der Waals surface area contributed by atoms with Gasteiger partial charge in [-0.2, -0.15) is 0 Å². The molecule has 2 aromatic heterocycles. The molecule has 0 aliphatic carbocycles. The van der Waals surface area contributed by atoms with Crippen molar-refractivity contribution in [3.05, 3.63) is 93.9 Å². The summed E-state index contributed by atoms with van der Waals surface area (Å²) < 4.78 is 53.1. The maximum absolute atomic E-state index is 14.3. The number of benzene rings is 4. The highest BCUT2D eigenvalue weighted by Gasteiger charge is 2.20. The normalized spacial score (nSPS) is 14.4. The van der Waals surface area contributed by atoms with Gasteiger partial charge in [0.05, 0.1) is 49.8 Å². The fraction of sp³-hybridized carbons (Fsp3) is 0.356. The molecule has 3 N–H and O–H groups in total. The summed E-state index contributed by atoms with van der Waals surface area (Å²) in [6.07, 6.45) is 7.36. The number of piperidine rings is 2. The second-order valence-electron chi connectivity index (χ2n) is 14.5. The van der Waals surface area contributed by atoms with Gasteiger partial charge in [-0.05, 0) is 119 Å². The van der Waals surface area contributed by atoms with Crippen LogP contribution in [0.15, 0.2) is 82.3 Å². The number of likely N-dealkylation sites (tertiary alicyclic amines) is 1. The number of ether oxygens (including phenoxy) is 4. The lowest BCUT2D eigenvalue weighted by molar-refractivity contribution is -0.0980. The third kappa shape index (κ3) is 12.5. The Balaban J connectivity index is 0.000000222. The van der Waals surface area contributed by atoms with E-state index in [9.17, 15) is 8.78 Å². The first kappa shape index (κ1) is 47.8. The quantitative estimate of drug-likeness (QED) is 0.107. The van der Waals surface area contributed by atoms with Crippen molar-refractivity contribution in [2.45, 2.75) is 33.1 Å². The van der Waals surface area contributed by atoms with E-state index in [1.54, 1.807) is 38.5 Å². The van der Waals surface area contributed by atoms with Crippen LogP contribution in [0.25, 0.3) is 21.8 Å². The van der Waals surface area contributed by atoms with Crippen molar-refractivity contribution >= 4 is 83.5 Å². The van der Waals surface area contributed by atoms with E-state index in [1.165, 1.54) is 24.8 Å². The zero-order chi connectivity index (χ0) is 43.3. The minimum atomic E-state index is -0.375. The summed E-state index contributed by atoms with van der Waals surface area (Å²) in [6.45, 7) is 7.53. The van der Waals surface area contributed by atoms with Gasteiger partial charge in [0.2, 0.25) is 0 Å². The van der Waals surface area contributed by atoms with Crippen molar-refractivity contribution in [2.24, 2.45) is 11.8 Å². The highest BCUT2D eigenvalue weighted by atomic mass is 79.9. The average molecular weight is 983 g/mol. The van der Waals surface area contributed by atoms with Crippen LogP contribution in [0, 0.1) is 23.5 Å². The maximum Gasteiger partial charge on any atom is 0.163 e. The lowest BCUT2D eigenvalue weighted by Gasteiger charge is -2.28. The lowest BCUT2D eigenvalue weighted by Crippen LogP contribution is -2.32. The first-order valence-electron chi connectivity index (χ1n) is 19.7. The number of methoxy groups -OCH3 is 2. The Labute approximate surface area is 377 Å². The molecule has 330 valence electrons. The van der Waals surface area contributed by atoms with Gasteiger partial charge in [-0.1, -0.05) is 39.3 Å². The molecule has 0 spiro atoms. The van der Waals surface area contributed by atoms with Crippen LogP contribution in [-0.2, 0) is 4.79 Å². The van der Waals surface area contributed by atoms with Gasteiger partial charge in [-0.15, -0.1) is 0 Å². The minimum Gasteiger partial charge on any atom is -0.493 e. The van der Waals surface area contributed by atoms with Crippen molar-refractivity contribution in [3.63, 3.8) is 0 Å². The third-order valence-electron chi connectivity index (χ3n) is 10.5. The predicted molar refractivity (Wildman–Crippen MR) is 248 cm³/mol. The number of nitrogens with one attached hydrogen (secondary N) is 3. The van der Waals surface area contributed by atoms with Crippen molar-refractivity contribution < 1.29 is 32.5 Å². The van der Waals surface area contributed by atoms with Crippen LogP contribution in [0.4, 0.5) is 31.8 Å². The van der Waals surface area contributed by atoms with Crippen molar-refractivity contribution in [1.82, 2.24) is 30.2 Å². The van der Waals surface area contributed by atoms with E-state index in [-0.39, 0.29) is 19.1 Å². The summed E-state index contributed by atoms with van der Waals surface area (Å²) in [6, 6.07) is 17.0. The van der Waals surface area contributed by atoms with Crippen LogP contribution < -0.4 is 34.9 Å². The van der Waals surface area contributed by atoms with Crippen molar-refractivity contribution in [1.29, 1.82) is 0 Å². The molecule has 4 aromatic carbocycles. The van der Waals surface area contributed by atoms with Crippen LogP contribution in [0.2, 0.25) is 0 Å². The van der Waals surface area contributed by atoms with E-state index in [2.05, 4.69) is 79.7 Å². The van der Waals surface area contributed by atoms with Crippen LogP contribution in [0.5, 0.6) is 23.0 Å². The van der Waals surface area contributed by atoms with E-state index in [4.69, 9.17) is 23.7 Å². The average Bonchev–Trinajstić information content (AvgIpc) is 3.28. The highest BCUT2D eigenvalue weighted by Crippen LogP contribution is 2.37. The summed E-state index contributed by atoms with van der Waals surface area (Å²) in [5.41, 5.74) is 2.06. The molecule has 2 aliphatic rings. The molecule has 0 saturated carbocycles. The second-order valence-corrected chi connectivity index (χ2v) is 16.4. The molecule has 17 heteroatoms. The van der Waals surface area contributed by atoms with Crippen LogP contribution in [-0.4, -0.2) is 92.3 Å². The van der Waals surface area contributed by atoms with Gasteiger partial charge in [-0.3, -0.25) is 0 Å². The smallest absolute Gasteiger partial charge is 0.163 e. The molecule has 6 aromatic rings. The fourth-order valence-corrected chi connectivity index (χ4v) is 7.67.